The Morgan fingerprint density at radius 3 is 2.80 bits per heavy atom. The SMILES string of the molecule is CCNC(=NCc1ccnc(-n2ccnc2)c1)NCCc1cccc(C(=O)NC)c1. The van der Waals surface area contributed by atoms with Crippen LogP contribution in [0.5, 0.6) is 0 Å². The molecule has 1 aromatic carbocycles. The van der Waals surface area contributed by atoms with Crippen LogP contribution < -0.4 is 16.0 Å². The summed E-state index contributed by atoms with van der Waals surface area (Å²) in [5.74, 6) is 1.49. The second-order valence-corrected chi connectivity index (χ2v) is 6.64. The Kier molecular flexibility index (Phi) is 7.54. The van der Waals surface area contributed by atoms with Gasteiger partial charge in [0.25, 0.3) is 5.91 Å². The Morgan fingerprint density at radius 2 is 2.03 bits per heavy atom. The largest absolute Gasteiger partial charge is 0.357 e. The van der Waals surface area contributed by atoms with E-state index in [1.165, 1.54) is 0 Å². The molecule has 3 aromatic rings. The van der Waals surface area contributed by atoms with Gasteiger partial charge in [0.15, 0.2) is 5.96 Å². The van der Waals surface area contributed by atoms with E-state index in [1.807, 2.05) is 54.1 Å². The molecule has 156 valence electrons. The fraction of sp³-hybridized carbons (Fsp3) is 0.273. The van der Waals surface area contributed by atoms with Gasteiger partial charge in [-0.25, -0.2) is 15.0 Å². The van der Waals surface area contributed by atoms with E-state index < -0.39 is 0 Å². The minimum atomic E-state index is -0.0767. The van der Waals surface area contributed by atoms with E-state index in [1.54, 1.807) is 25.8 Å². The molecule has 0 spiro atoms. The van der Waals surface area contributed by atoms with Gasteiger partial charge in [0.1, 0.15) is 12.1 Å². The first-order valence-corrected chi connectivity index (χ1v) is 9.96. The number of hydrogen-bond donors (Lipinski definition) is 3. The summed E-state index contributed by atoms with van der Waals surface area (Å²) in [5.41, 5.74) is 2.82. The number of carbonyl (C=O) groups excluding carboxylic acids is 1. The number of pyridine rings is 1. The van der Waals surface area contributed by atoms with E-state index >= 15 is 0 Å². The minimum Gasteiger partial charge on any atom is -0.357 e. The van der Waals surface area contributed by atoms with Crippen LogP contribution in [-0.2, 0) is 13.0 Å². The smallest absolute Gasteiger partial charge is 0.251 e. The van der Waals surface area contributed by atoms with Gasteiger partial charge in [-0.05, 0) is 48.7 Å². The molecule has 0 bridgehead atoms. The number of nitrogens with zero attached hydrogens (tertiary/aromatic N) is 4. The molecule has 0 aliphatic heterocycles. The number of rotatable bonds is 8. The van der Waals surface area contributed by atoms with E-state index in [0.29, 0.717) is 18.7 Å². The van der Waals surface area contributed by atoms with Crippen LogP contribution in [-0.4, -0.2) is 46.5 Å². The van der Waals surface area contributed by atoms with Crippen molar-refractivity contribution in [3.63, 3.8) is 0 Å². The summed E-state index contributed by atoms with van der Waals surface area (Å²) in [6, 6.07) is 11.6. The average Bonchev–Trinajstić information content (AvgIpc) is 3.32. The van der Waals surface area contributed by atoms with Gasteiger partial charge < -0.3 is 16.0 Å². The summed E-state index contributed by atoms with van der Waals surface area (Å²) in [4.78, 5) is 24.9. The number of guanidine groups is 1. The molecule has 0 fully saturated rings. The van der Waals surface area contributed by atoms with Gasteiger partial charge in [-0.3, -0.25) is 9.36 Å². The predicted octanol–water partition coefficient (Wildman–Crippen LogP) is 1.92. The van der Waals surface area contributed by atoms with Crippen LogP contribution in [0.2, 0.25) is 0 Å². The summed E-state index contributed by atoms with van der Waals surface area (Å²) < 4.78 is 1.86. The maximum atomic E-state index is 11.8. The van der Waals surface area contributed by atoms with E-state index in [4.69, 9.17) is 0 Å². The second-order valence-electron chi connectivity index (χ2n) is 6.64. The number of amides is 1. The molecule has 8 heteroatoms. The topological polar surface area (TPSA) is 96.2 Å². The van der Waals surface area contributed by atoms with Crippen LogP contribution in [0.3, 0.4) is 0 Å². The van der Waals surface area contributed by atoms with Gasteiger partial charge in [0, 0.05) is 44.3 Å². The zero-order chi connectivity index (χ0) is 21.2. The zero-order valence-corrected chi connectivity index (χ0v) is 17.3. The fourth-order valence-corrected chi connectivity index (χ4v) is 2.94. The Hall–Kier alpha value is -3.68. The first-order valence-electron chi connectivity index (χ1n) is 9.96. The monoisotopic (exact) mass is 405 g/mol. The highest BCUT2D eigenvalue weighted by atomic mass is 16.1. The molecular formula is C22H27N7O. The van der Waals surface area contributed by atoms with E-state index in [0.717, 1.165) is 35.9 Å². The number of aromatic nitrogens is 3. The molecule has 3 N–H and O–H groups in total. The Balaban J connectivity index is 1.59. The standard InChI is InChI=1S/C22H27N7O/c1-3-25-22(27-10-7-17-5-4-6-19(13-17)21(30)23-2)28-15-18-8-9-26-20(14-18)29-12-11-24-16-29/h4-6,8-9,11-14,16H,3,7,10,15H2,1-2H3,(H,23,30)(H2,25,27,28). The molecule has 2 aromatic heterocycles. The fourth-order valence-electron chi connectivity index (χ4n) is 2.94. The van der Waals surface area contributed by atoms with Crippen molar-refractivity contribution in [2.75, 3.05) is 20.1 Å². The molecule has 0 unspecified atom stereocenters. The van der Waals surface area contributed by atoms with Gasteiger partial charge in [-0.1, -0.05) is 12.1 Å². The molecule has 2 heterocycles. The molecule has 30 heavy (non-hydrogen) atoms. The zero-order valence-electron chi connectivity index (χ0n) is 17.3. The highest BCUT2D eigenvalue weighted by Crippen LogP contribution is 2.08. The van der Waals surface area contributed by atoms with Crippen LogP contribution in [0.1, 0.15) is 28.4 Å². The van der Waals surface area contributed by atoms with Gasteiger partial charge in [-0.15, -0.1) is 0 Å². The molecule has 0 atom stereocenters. The van der Waals surface area contributed by atoms with Gasteiger partial charge in [0.2, 0.25) is 0 Å². The van der Waals surface area contributed by atoms with Crippen LogP contribution in [0, 0.1) is 0 Å². The molecule has 0 saturated heterocycles. The van der Waals surface area contributed by atoms with E-state index in [9.17, 15) is 4.79 Å². The third-order valence-electron chi connectivity index (χ3n) is 4.47. The number of aliphatic imine (C=N–C) groups is 1. The number of hydrogen-bond acceptors (Lipinski definition) is 4. The van der Waals surface area contributed by atoms with Gasteiger partial charge in [0.05, 0.1) is 6.54 Å². The third-order valence-corrected chi connectivity index (χ3v) is 4.47. The summed E-state index contributed by atoms with van der Waals surface area (Å²) in [6.45, 7) is 4.05. The molecule has 8 nitrogen and oxygen atoms in total. The minimum absolute atomic E-state index is 0.0767. The molecular weight excluding hydrogens is 378 g/mol. The van der Waals surface area contributed by atoms with Crippen molar-refractivity contribution in [3.8, 4) is 5.82 Å². The first-order chi connectivity index (χ1) is 14.7. The molecule has 3 rings (SSSR count). The lowest BCUT2D eigenvalue weighted by molar-refractivity contribution is 0.0963. The lowest BCUT2D eigenvalue weighted by atomic mass is 10.1. The molecule has 0 saturated carbocycles. The molecule has 0 aliphatic carbocycles. The van der Waals surface area contributed by atoms with Crippen molar-refractivity contribution in [1.82, 2.24) is 30.5 Å². The Labute approximate surface area is 176 Å². The van der Waals surface area contributed by atoms with Crippen LogP contribution in [0.4, 0.5) is 0 Å². The Morgan fingerprint density at radius 1 is 1.13 bits per heavy atom. The number of imidazole rings is 1. The van der Waals surface area contributed by atoms with Crippen molar-refractivity contribution >= 4 is 11.9 Å². The van der Waals surface area contributed by atoms with Crippen LogP contribution >= 0.6 is 0 Å². The lowest BCUT2D eigenvalue weighted by Gasteiger charge is -2.12. The molecule has 1 amide bonds. The maximum absolute atomic E-state index is 11.8. The molecule has 0 radical (unpaired) electrons. The normalized spacial score (nSPS) is 11.2. The van der Waals surface area contributed by atoms with Crippen molar-refractivity contribution < 1.29 is 4.79 Å². The van der Waals surface area contributed by atoms with Gasteiger partial charge >= 0.3 is 0 Å². The maximum Gasteiger partial charge on any atom is 0.251 e. The summed E-state index contributed by atoms with van der Waals surface area (Å²) in [5, 5.41) is 9.27. The Bertz CT molecular complexity index is 983. The number of nitrogens with one attached hydrogen (secondary N) is 3. The van der Waals surface area contributed by atoms with E-state index in [-0.39, 0.29) is 5.91 Å². The van der Waals surface area contributed by atoms with Crippen molar-refractivity contribution in [1.29, 1.82) is 0 Å². The van der Waals surface area contributed by atoms with Crippen LogP contribution in [0.15, 0.2) is 66.3 Å². The van der Waals surface area contributed by atoms with Gasteiger partial charge in [-0.2, -0.15) is 0 Å². The molecule has 0 aliphatic rings. The van der Waals surface area contributed by atoms with E-state index in [2.05, 4.69) is 30.9 Å². The lowest BCUT2D eigenvalue weighted by Crippen LogP contribution is -2.38. The van der Waals surface area contributed by atoms with Crippen LogP contribution in [0.25, 0.3) is 5.82 Å². The summed E-state index contributed by atoms with van der Waals surface area (Å²) >= 11 is 0. The highest BCUT2D eigenvalue weighted by Gasteiger charge is 2.05. The summed E-state index contributed by atoms with van der Waals surface area (Å²) in [7, 11) is 1.64. The first kappa shape index (κ1) is 21.0. The highest BCUT2D eigenvalue weighted by molar-refractivity contribution is 5.94. The number of benzene rings is 1. The average molecular weight is 406 g/mol. The second kappa shape index (κ2) is 10.8. The van der Waals surface area contributed by atoms with Crippen molar-refractivity contribution in [2.24, 2.45) is 4.99 Å². The quantitative estimate of drug-likeness (QED) is 0.393. The third kappa shape index (κ3) is 5.91. The predicted molar refractivity (Wildman–Crippen MR) is 118 cm³/mol. The van der Waals surface area contributed by atoms with Crippen molar-refractivity contribution in [2.45, 2.75) is 19.9 Å². The van der Waals surface area contributed by atoms with Crippen molar-refractivity contribution in [3.05, 3.63) is 78.0 Å². The summed E-state index contributed by atoms with van der Waals surface area (Å²) in [6.07, 6.45) is 7.87. The number of carbonyl (C=O) groups is 1.